The number of aromatic nitrogens is 2. The van der Waals surface area contributed by atoms with Crippen molar-refractivity contribution < 1.29 is 4.39 Å². The van der Waals surface area contributed by atoms with Gasteiger partial charge in [-0.25, -0.2) is 9.07 Å². The highest BCUT2D eigenvalue weighted by atomic mass is 19.1. The fourth-order valence-corrected chi connectivity index (χ4v) is 1.82. The first kappa shape index (κ1) is 13.4. The average Bonchev–Trinajstić information content (AvgIpc) is 2.38. The Morgan fingerprint density at radius 3 is 2.84 bits per heavy atom. The fourth-order valence-electron chi connectivity index (χ4n) is 1.82. The second kappa shape index (κ2) is 5.75. The Bertz CT molecular complexity index is 637. The maximum atomic E-state index is 13.3. The minimum absolute atomic E-state index is 0.105. The van der Waals surface area contributed by atoms with E-state index in [1.54, 1.807) is 23.7 Å². The number of nitrogens with one attached hydrogen (secondary N) is 1. The van der Waals surface area contributed by atoms with Crippen LogP contribution in [-0.4, -0.2) is 16.3 Å². The van der Waals surface area contributed by atoms with E-state index in [4.69, 9.17) is 0 Å². The summed E-state index contributed by atoms with van der Waals surface area (Å²) in [4.78, 5) is 11.8. The van der Waals surface area contributed by atoms with Crippen molar-refractivity contribution in [1.82, 2.24) is 15.1 Å². The predicted molar refractivity (Wildman–Crippen MR) is 71.9 cm³/mol. The van der Waals surface area contributed by atoms with Gasteiger partial charge in [-0.2, -0.15) is 5.10 Å². The zero-order chi connectivity index (χ0) is 13.8. The van der Waals surface area contributed by atoms with Crippen LogP contribution in [-0.2, 0) is 6.54 Å². The molecule has 0 spiro atoms. The van der Waals surface area contributed by atoms with Gasteiger partial charge < -0.3 is 5.32 Å². The second-order valence-corrected chi connectivity index (χ2v) is 4.27. The maximum Gasteiger partial charge on any atom is 0.204 e. The number of hydrogen-bond donors (Lipinski definition) is 1. The van der Waals surface area contributed by atoms with Crippen LogP contribution in [0.4, 0.5) is 4.39 Å². The maximum absolute atomic E-state index is 13.3. The van der Waals surface area contributed by atoms with Crippen LogP contribution in [0, 0.1) is 12.7 Å². The second-order valence-electron chi connectivity index (χ2n) is 4.27. The van der Waals surface area contributed by atoms with Crippen molar-refractivity contribution in [2.24, 2.45) is 0 Å². The Morgan fingerprint density at radius 2 is 2.16 bits per heavy atom. The highest BCUT2D eigenvalue weighted by Crippen LogP contribution is 2.10. The summed E-state index contributed by atoms with van der Waals surface area (Å²) in [5, 5.41) is 7.36. The molecule has 0 radical (unpaired) electrons. The molecule has 0 aliphatic heterocycles. The van der Waals surface area contributed by atoms with Gasteiger partial charge in [0.2, 0.25) is 5.43 Å². The Labute approximate surface area is 110 Å². The molecule has 1 N–H and O–H groups in total. The molecule has 0 unspecified atom stereocenters. The van der Waals surface area contributed by atoms with E-state index < -0.39 is 0 Å². The molecule has 100 valence electrons. The van der Waals surface area contributed by atoms with Crippen LogP contribution in [0.15, 0.2) is 35.1 Å². The first-order valence-electron chi connectivity index (χ1n) is 6.18. The molecular formula is C14H16FN3O. The van der Waals surface area contributed by atoms with E-state index in [1.165, 1.54) is 18.2 Å². The lowest BCUT2D eigenvalue weighted by Crippen LogP contribution is -2.24. The summed E-state index contributed by atoms with van der Waals surface area (Å²) < 4.78 is 14.8. The summed E-state index contributed by atoms with van der Waals surface area (Å²) >= 11 is 0. The molecule has 0 saturated heterocycles. The van der Waals surface area contributed by atoms with E-state index in [0.29, 0.717) is 23.6 Å². The molecule has 0 fully saturated rings. The Hall–Kier alpha value is -2.01. The molecule has 2 aromatic rings. The Morgan fingerprint density at radius 1 is 1.37 bits per heavy atom. The number of benzene rings is 1. The summed E-state index contributed by atoms with van der Waals surface area (Å²) in [5.74, 6) is -0.328. The lowest BCUT2D eigenvalue weighted by Gasteiger charge is -2.11. The van der Waals surface area contributed by atoms with Gasteiger partial charge in [0.1, 0.15) is 11.5 Å². The lowest BCUT2D eigenvalue weighted by molar-refractivity contribution is 0.622. The van der Waals surface area contributed by atoms with E-state index >= 15 is 0 Å². The molecule has 4 nitrogen and oxygen atoms in total. The van der Waals surface area contributed by atoms with Gasteiger partial charge in [-0.1, -0.05) is 13.0 Å². The molecule has 19 heavy (non-hydrogen) atoms. The monoisotopic (exact) mass is 261 g/mol. The van der Waals surface area contributed by atoms with Crippen LogP contribution in [0.3, 0.4) is 0 Å². The Kier molecular flexibility index (Phi) is 4.06. The first-order chi connectivity index (χ1) is 9.11. The van der Waals surface area contributed by atoms with Crippen molar-refractivity contribution >= 4 is 0 Å². The van der Waals surface area contributed by atoms with E-state index in [9.17, 15) is 9.18 Å². The number of hydrogen-bond acceptors (Lipinski definition) is 3. The van der Waals surface area contributed by atoms with Gasteiger partial charge in [0.15, 0.2) is 0 Å². The molecule has 0 aliphatic rings. The third-order valence-corrected chi connectivity index (χ3v) is 2.77. The molecule has 1 aromatic carbocycles. The number of halogens is 1. The summed E-state index contributed by atoms with van der Waals surface area (Å²) in [6.07, 6.45) is 0. The van der Waals surface area contributed by atoms with Crippen LogP contribution < -0.4 is 10.7 Å². The molecule has 0 bridgehead atoms. The van der Waals surface area contributed by atoms with E-state index in [-0.39, 0.29) is 11.2 Å². The van der Waals surface area contributed by atoms with Gasteiger partial charge in [-0.3, -0.25) is 4.79 Å². The first-order valence-corrected chi connectivity index (χ1v) is 6.18. The van der Waals surface area contributed by atoms with Crippen LogP contribution >= 0.6 is 0 Å². The minimum Gasteiger partial charge on any atom is -0.311 e. The summed E-state index contributed by atoms with van der Waals surface area (Å²) in [7, 11) is 0. The van der Waals surface area contributed by atoms with Crippen LogP contribution in [0.1, 0.15) is 18.3 Å². The molecule has 1 aromatic heterocycles. The van der Waals surface area contributed by atoms with Crippen LogP contribution in [0.2, 0.25) is 0 Å². The molecule has 5 heteroatoms. The molecular weight excluding hydrogens is 245 g/mol. The van der Waals surface area contributed by atoms with E-state index in [0.717, 1.165) is 6.54 Å². The number of rotatable bonds is 4. The number of nitrogens with zero attached hydrogens (tertiary/aromatic N) is 2. The van der Waals surface area contributed by atoms with Gasteiger partial charge in [0, 0.05) is 18.3 Å². The zero-order valence-electron chi connectivity index (χ0n) is 11.0. The van der Waals surface area contributed by atoms with Crippen LogP contribution in [0.5, 0.6) is 0 Å². The van der Waals surface area contributed by atoms with Crippen molar-refractivity contribution in [3.8, 4) is 5.69 Å². The van der Waals surface area contributed by atoms with Gasteiger partial charge >= 0.3 is 0 Å². The summed E-state index contributed by atoms with van der Waals surface area (Å²) in [6, 6.07) is 7.66. The average molecular weight is 261 g/mol. The molecule has 1 heterocycles. The summed E-state index contributed by atoms with van der Waals surface area (Å²) in [5.41, 5.74) is 1.61. The molecule has 2 rings (SSSR count). The van der Waals surface area contributed by atoms with Crippen molar-refractivity contribution in [2.45, 2.75) is 20.4 Å². The SMILES string of the molecule is CCNCc1nn(-c2cccc(F)c2)c(C)cc1=O. The highest BCUT2D eigenvalue weighted by Gasteiger charge is 2.07. The summed E-state index contributed by atoms with van der Waals surface area (Å²) in [6.45, 7) is 4.90. The van der Waals surface area contributed by atoms with Crippen molar-refractivity contribution in [2.75, 3.05) is 6.54 Å². The van der Waals surface area contributed by atoms with Gasteiger partial charge in [0.05, 0.1) is 5.69 Å². The smallest absolute Gasteiger partial charge is 0.204 e. The van der Waals surface area contributed by atoms with E-state index in [2.05, 4.69) is 10.4 Å². The molecule has 0 aliphatic carbocycles. The predicted octanol–water partition coefficient (Wildman–Crippen LogP) is 1.79. The van der Waals surface area contributed by atoms with Gasteiger partial charge in [0.25, 0.3) is 0 Å². The zero-order valence-corrected chi connectivity index (χ0v) is 11.0. The highest BCUT2D eigenvalue weighted by molar-refractivity contribution is 5.33. The van der Waals surface area contributed by atoms with Crippen molar-refractivity contribution in [3.63, 3.8) is 0 Å². The third kappa shape index (κ3) is 3.06. The largest absolute Gasteiger partial charge is 0.311 e. The number of aryl methyl sites for hydroxylation is 1. The Balaban J connectivity index is 2.48. The molecule has 0 amide bonds. The van der Waals surface area contributed by atoms with Crippen molar-refractivity contribution in [1.29, 1.82) is 0 Å². The lowest BCUT2D eigenvalue weighted by atomic mass is 10.2. The molecule has 0 saturated carbocycles. The van der Waals surface area contributed by atoms with Gasteiger partial charge in [-0.05, 0) is 31.7 Å². The van der Waals surface area contributed by atoms with E-state index in [1.807, 2.05) is 6.92 Å². The van der Waals surface area contributed by atoms with Crippen molar-refractivity contribution in [3.05, 3.63) is 57.8 Å². The molecule has 0 atom stereocenters. The topological polar surface area (TPSA) is 46.9 Å². The standard InChI is InChI=1S/C14H16FN3O/c1-3-16-9-13-14(19)7-10(2)18(17-13)12-6-4-5-11(15)8-12/h4-8,16H,3,9H2,1-2H3. The third-order valence-electron chi connectivity index (χ3n) is 2.77. The van der Waals surface area contributed by atoms with Crippen LogP contribution in [0.25, 0.3) is 5.69 Å². The minimum atomic E-state index is -0.328. The normalized spacial score (nSPS) is 10.7. The quantitative estimate of drug-likeness (QED) is 0.912. The fraction of sp³-hybridized carbons (Fsp3) is 0.286. The van der Waals surface area contributed by atoms with Gasteiger partial charge in [-0.15, -0.1) is 0 Å².